The topological polar surface area (TPSA) is 38.1 Å². The molecule has 0 spiro atoms. The Kier molecular flexibility index (Phi) is 4.33. The summed E-state index contributed by atoms with van der Waals surface area (Å²) in [6.45, 7) is 7.53. The van der Waals surface area contributed by atoms with Gasteiger partial charge in [-0.2, -0.15) is 5.10 Å². The predicted octanol–water partition coefficient (Wildman–Crippen LogP) is 2.24. The van der Waals surface area contributed by atoms with Crippen LogP contribution in [0.25, 0.3) is 0 Å². The average Bonchev–Trinajstić information content (AvgIpc) is 2.66. The van der Waals surface area contributed by atoms with Crippen molar-refractivity contribution in [2.24, 2.45) is 5.41 Å². The van der Waals surface area contributed by atoms with Gasteiger partial charge in [-0.25, -0.2) is 0 Å². The molecule has 0 radical (unpaired) electrons. The van der Waals surface area contributed by atoms with E-state index < -0.39 is 0 Å². The zero-order valence-electron chi connectivity index (χ0n) is 10.0. The second-order valence-corrected chi connectivity index (χ2v) is 4.60. The van der Waals surface area contributed by atoms with Crippen LogP contribution in [0.15, 0.2) is 12.4 Å². The van der Waals surface area contributed by atoms with Crippen LogP contribution in [0.1, 0.15) is 39.2 Å². The van der Waals surface area contributed by atoms with Crippen LogP contribution in [0.2, 0.25) is 0 Å². The second kappa shape index (κ2) is 5.31. The van der Waals surface area contributed by atoms with Crippen molar-refractivity contribution in [1.82, 2.24) is 9.78 Å². The van der Waals surface area contributed by atoms with E-state index in [1.54, 1.807) is 0 Å². The number of aryl methyl sites for hydroxylation is 1. The minimum Gasteiger partial charge on any atom is -0.396 e. The molecule has 86 valence electrons. The van der Waals surface area contributed by atoms with Crippen molar-refractivity contribution < 1.29 is 5.11 Å². The Morgan fingerprint density at radius 2 is 2.20 bits per heavy atom. The lowest BCUT2D eigenvalue weighted by Crippen LogP contribution is -2.23. The molecule has 0 aliphatic heterocycles. The lowest BCUT2D eigenvalue weighted by atomic mass is 9.81. The quantitative estimate of drug-likeness (QED) is 0.782. The van der Waals surface area contributed by atoms with Gasteiger partial charge in [-0.1, -0.05) is 20.3 Å². The third-order valence-corrected chi connectivity index (χ3v) is 2.88. The van der Waals surface area contributed by atoms with Gasteiger partial charge in [-0.05, 0) is 30.7 Å². The zero-order chi connectivity index (χ0) is 11.3. The van der Waals surface area contributed by atoms with Crippen LogP contribution < -0.4 is 0 Å². The van der Waals surface area contributed by atoms with E-state index in [1.165, 1.54) is 5.56 Å². The van der Waals surface area contributed by atoms with Crippen molar-refractivity contribution in [3.63, 3.8) is 0 Å². The summed E-state index contributed by atoms with van der Waals surface area (Å²) >= 11 is 0. The molecule has 1 N–H and O–H groups in total. The van der Waals surface area contributed by atoms with Gasteiger partial charge in [0, 0.05) is 19.3 Å². The van der Waals surface area contributed by atoms with Gasteiger partial charge < -0.3 is 5.11 Å². The summed E-state index contributed by atoms with van der Waals surface area (Å²) in [5.74, 6) is 0. The molecule has 0 fully saturated rings. The third-order valence-electron chi connectivity index (χ3n) is 2.88. The van der Waals surface area contributed by atoms with Crippen molar-refractivity contribution >= 4 is 0 Å². The van der Waals surface area contributed by atoms with E-state index in [-0.39, 0.29) is 12.0 Å². The van der Waals surface area contributed by atoms with E-state index in [4.69, 9.17) is 0 Å². The van der Waals surface area contributed by atoms with Crippen molar-refractivity contribution in [1.29, 1.82) is 0 Å². The first-order valence-corrected chi connectivity index (χ1v) is 5.75. The van der Waals surface area contributed by atoms with Crippen molar-refractivity contribution in [3.8, 4) is 0 Å². The molecule has 0 amide bonds. The Morgan fingerprint density at radius 3 is 2.67 bits per heavy atom. The standard InChI is InChI=1S/C12H22N2O/c1-4-6-12(3,10-15)7-11-8-13-14(5-2)9-11/h8-9,15H,4-7,10H2,1-3H3. The van der Waals surface area contributed by atoms with Crippen molar-refractivity contribution in [2.45, 2.75) is 46.6 Å². The van der Waals surface area contributed by atoms with E-state index in [1.807, 2.05) is 10.9 Å². The van der Waals surface area contributed by atoms with Crippen LogP contribution in [0.4, 0.5) is 0 Å². The molecule has 0 saturated carbocycles. The number of rotatable bonds is 6. The highest BCUT2D eigenvalue weighted by atomic mass is 16.3. The molecule has 1 heterocycles. The van der Waals surface area contributed by atoms with Crippen LogP contribution >= 0.6 is 0 Å². The van der Waals surface area contributed by atoms with Gasteiger partial charge in [0.2, 0.25) is 0 Å². The Labute approximate surface area is 92.1 Å². The number of hydrogen-bond donors (Lipinski definition) is 1. The van der Waals surface area contributed by atoms with Gasteiger partial charge in [-0.3, -0.25) is 4.68 Å². The minimum atomic E-state index is 0.0103. The Bertz CT molecular complexity index is 296. The highest BCUT2D eigenvalue weighted by Gasteiger charge is 2.23. The number of aliphatic hydroxyl groups is 1. The molecule has 3 nitrogen and oxygen atoms in total. The lowest BCUT2D eigenvalue weighted by Gasteiger charge is -2.26. The number of aromatic nitrogens is 2. The van der Waals surface area contributed by atoms with Gasteiger partial charge in [0.15, 0.2) is 0 Å². The van der Waals surface area contributed by atoms with Crippen molar-refractivity contribution in [3.05, 3.63) is 18.0 Å². The van der Waals surface area contributed by atoms with Crippen LogP contribution in [-0.4, -0.2) is 21.5 Å². The minimum absolute atomic E-state index is 0.0103. The molecule has 0 aromatic carbocycles. The smallest absolute Gasteiger partial charge is 0.0521 e. The maximum atomic E-state index is 9.41. The Balaban J connectivity index is 2.65. The second-order valence-electron chi connectivity index (χ2n) is 4.60. The van der Waals surface area contributed by atoms with E-state index in [0.717, 1.165) is 25.8 Å². The zero-order valence-corrected chi connectivity index (χ0v) is 10.0. The number of aliphatic hydroxyl groups excluding tert-OH is 1. The maximum Gasteiger partial charge on any atom is 0.0521 e. The fourth-order valence-electron chi connectivity index (χ4n) is 1.99. The Morgan fingerprint density at radius 1 is 1.47 bits per heavy atom. The fourth-order valence-corrected chi connectivity index (χ4v) is 1.99. The molecular formula is C12H22N2O. The van der Waals surface area contributed by atoms with Gasteiger partial charge in [-0.15, -0.1) is 0 Å². The Hall–Kier alpha value is -0.830. The van der Waals surface area contributed by atoms with Crippen molar-refractivity contribution in [2.75, 3.05) is 6.61 Å². The summed E-state index contributed by atoms with van der Waals surface area (Å²) in [5.41, 5.74) is 1.23. The van der Waals surface area contributed by atoms with Crippen LogP contribution in [0, 0.1) is 5.41 Å². The highest BCUT2D eigenvalue weighted by Crippen LogP contribution is 2.27. The van der Waals surface area contributed by atoms with Gasteiger partial charge >= 0.3 is 0 Å². The predicted molar refractivity (Wildman–Crippen MR) is 61.7 cm³/mol. The van der Waals surface area contributed by atoms with E-state index in [2.05, 4.69) is 32.1 Å². The first kappa shape index (κ1) is 12.2. The van der Waals surface area contributed by atoms with Crippen LogP contribution in [0.3, 0.4) is 0 Å². The first-order valence-electron chi connectivity index (χ1n) is 5.75. The summed E-state index contributed by atoms with van der Waals surface area (Å²) in [4.78, 5) is 0. The van der Waals surface area contributed by atoms with Crippen LogP contribution in [0.5, 0.6) is 0 Å². The average molecular weight is 210 g/mol. The molecular weight excluding hydrogens is 188 g/mol. The fraction of sp³-hybridized carbons (Fsp3) is 0.750. The number of hydrogen-bond acceptors (Lipinski definition) is 2. The summed E-state index contributed by atoms with van der Waals surface area (Å²) in [6.07, 6.45) is 7.06. The molecule has 1 rings (SSSR count). The van der Waals surface area contributed by atoms with Gasteiger partial charge in [0.25, 0.3) is 0 Å². The van der Waals surface area contributed by atoms with E-state index in [0.29, 0.717) is 0 Å². The highest BCUT2D eigenvalue weighted by molar-refractivity contribution is 5.07. The van der Waals surface area contributed by atoms with E-state index in [9.17, 15) is 5.11 Å². The normalized spacial score (nSPS) is 15.2. The largest absolute Gasteiger partial charge is 0.396 e. The molecule has 3 heteroatoms. The first-order chi connectivity index (χ1) is 7.13. The SMILES string of the molecule is CCCC(C)(CO)Cc1cnn(CC)c1. The molecule has 0 aliphatic rings. The molecule has 1 aromatic rings. The summed E-state index contributed by atoms with van der Waals surface area (Å²) < 4.78 is 1.93. The number of nitrogens with zero attached hydrogens (tertiary/aromatic N) is 2. The molecule has 1 atom stereocenters. The molecule has 0 bridgehead atoms. The van der Waals surface area contributed by atoms with E-state index >= 15 is 0 Å². The van der Waals surface area contributed by atoms with Gasteiger partial charge in [0.1, 0.15) is 0 Å². The summed E-state index contributed by atoms with van der Waals surface area (Å²) in [6, 6.07) is 0. The summed E-state index contributed by atoms with van der Waals surface area (Å²) in [5, 5.41) is 13.7. The van der Waals surface area contributed by atoms with Gasteiger partial charge in [0.05, 0.1) is 6.20 Å². The van der Waals surface area contributed by atoms with Crippen LogP contribution in [-0.2, 0) is 13.0 Å². The third kappa shape index (κ3) is 3.34. The maximum absolute atomic E-state index is 9.41. The molecule has 0 aliphatic carbocycles. The lowest BCUT2D eigenvalue weighted by molar-refractivity contribution is 0.131. The molecule has 0 saturated heterocycles. The monoisotopic (exact) mass is 210 g/mol. The molecule has 1 unspecified atom stereocenters. The summed E-state index contributed by atoms with van der Waals surface area (Å²) in [7, 11) is 0. The molecule has 1 aromatic heterocycles. The molecule has 15 heavy (non-hydrogen) atoms.